The Kier molecular flexibility index (Phi) is 4.27. The van der Waals surface area contributed by atoms with Gasteiger partial charge in [-0.2, -0.15) is 0 Å². The zero-order chi connectivity index (χ0) is 9.52. The molecule has 1 aromatic rings. The third-order valence-corrected chi connectivity index (χ3v) is 2.01. The van der Waals surface area contributed by atoms with Crippen molar-refractivity contribution in [1.82, 2.24) is 0 Å². The molecule has 1 rings (SSSR count). The van der Waals surface area contributed by atoms with Gasteiger partial charge in [-0.05, 0) is 12.0 Å². The van der Waals surface area contributed by atoms with Crippen LogP contribution in [0.15, 0.2) is 36.4 Å². The van der Waals surface area contributed by atoms with E-state index in [0.717, 1.165) is 6.42 Å². The van der Waals surface area contributed by atoms with E-state index in [4.69, 9.17) is 4.74 Å². The fourth-order valence-electron chi connectivity index (χ4n) is 1.16. The highest BCUT2D eigenvalue weighted by atomic mass is 16.5. The number of benzene rings is 1. The first-order chi connectivity index (χ1) is 6.36. The van der Waals surface area contributed by atoms with Gasteiger partial charge in [0.1, 0.15) is 0 Å². The lowest BCUT2D eigenvalue weighted by Gasteiger charge is -2.05. The summed E-state index contributed by atoms with van der Waals surface area (Å²) < 4.78 is 5.23. The van der Waals surface area contributed by atoms with Gasteiger partial charge in [0.25, 0.3) is 0 Å². The zero-order valence-electron chi connectivity index (χ0n) is 8.23. The van der Waals surface area contributed by atoms with Gasteiger partial charge < -0.3 is 4.74 Å². The largest absolute Gasteiger partial charge is 0.377 e. The lowest BCUT2D eigenvalue weighted by molar-refractivity contribution is 0.138. The van der Waals surface area contributed by atoms with Crippen molar-refractivity contribution in [2.24, 2.45) is 0 Å². The Morgan fingerprint density at radius 1 is 1.31 bits per heavy atom. The van der Waals surface area contributed by atoms with Gasteiger partial charge in [0.05, 0.1) is 6.10 Å². The minimum atomic E-state index is 0.236. The lowest BCUT2D eigenvalue weighted by atomic mass is 10.1. The molecule has 1 heteroatoms. The van der Waals surface area contributed by atoms with Crippen LogP contribution < -0.4 is 0 Å². The number of methoxy groups -OCH3 is 1. The summed E-state index contributed by atoms with van der Waals surface area (Å²) in [7, 11) is 1.74. The molecule has 0 saturated carbocycles. The molecule has 1 atom stereocenters. The SMILES string of the molecule is CCC(C=Cc1ccccc1)OC. The number of rotatable bonds is 4. The van der Waals surface area contributed by atoms with E-state index in [1.165, 1.54) is 5.56 Å². The molecule has 0 aliphatic heterocycles. The van der Waals surface area contributed by atoms with Crippen LogP contribution in [0.1, 0.15) is 18.9 Å². The van der Waals surface area contributed by atoms with E-state index in [9.17, 15) is 0 Å². The first kappa shape index (κ1) is 10.0. The van der Waals surface area contributed by atoms with Crippen LogP contribution in [-0.2, 0) is 4.74 Å². The van der Waals surface area contributed by atoms with Gasteiger partial charge in [-0.25, -0.2) is 0 Å². The molecule has 13 heavy (non-hydrogen) atoms. The molecule has 0 aliphatic carbocycles. The monoisotopic (exact) mass is 176 g/mol. The van der Waals surface area contributed by atoms with Crippen LogP contribution in [0.2, 0.25) is 0 Å². The Labute approximate surface area is 80.0 Å². The van der Waals surface area contributed by atoms with E-state index >= 15 is 0 Å². The highest BCUT2D eigenvalue weighted by molar-refractivity contribution is 5.49. The van der Waals surface area contributed by atoms with Crippen LogP contribution in [0.5, 0.6) is 0 Å². The van der Waals surface area contributed by atoms with Gasteiger partial charge >= 0.3 is 0 Å². The predicted molar refractivity (Wildman–Crippen MR) is 56.6 cm³/mol. The minimum absolute atomic E-state index is 0.236. The van der Waals surface area contributed by atoms with Crippen molar-refractivity contribution in [3.63, 3.8) is 0 Å². The number of hydrogen-bond donors (Lipinski definition) is 0. The molecule has 0 saturated heterocycles. The number of hydrogen-bond acceptors (Lipinski definition) is 1. The van der Waals surface area contributed by atoms with Crippen LogP contribution >= 0.6 is 0 Å². The van der Waals surface area contributed by atoms with Crippen molar-refractivity contribution >= 4 is 6.08 Å². The average molecular weight is 176 g/mol. The van der Waals surface area contributed by atoms with Crippen molar-refractivity contribution in [2.45, 2.75) is 19.4 Å². The number of ether oxygens (including phenoxy) is 1. The first-order valence-corrected chi connectivity index (χ1v) is 4.63. The van der Waals surface area contributed by atoms with Crippen LogP contribution in [0.3, 0.4) is 0 Å². The fourth-order valence-corrected chi connectivity index (χ4v) is 1.16. The Morgan fingerprint density at radius 2 is 2.00 bits per heavy atom. The molecule has 1 nitrogen and oxygen atoms in total. The summed E-state index contributed by atoms with van der Waals surface area (Å²) in [6.07, 6.45) is 5.44. The van der Waals surface area contributed by atoms with Crippen molar-refractivity contribution in [2.75, 3.05) is 7.11 Å². The molecule has 1 aromatic carbocycles. The topological polar surface area (TPSA) is 9.23 Å². The third-order valence-electron chi connectivity index (χ3n) is 2.01. The third kappa shape index (κ3) is 3.43. The summed E-state index contributed by atoms with van der Waals surface area (Å²) in [5, 5.41) is 0. The van der Waals surface area contributed by atoms with Gasteiger partial charge in [-0.1, -0.05) is 49.4 Å². The maximum absolute atomic E-state index is 5.23. The summed E-state index contributed by atoms with van der Waals surface area (Å²) in [5.74, 6) is 0. The van der Waals surface area contributed by atoms with Gasteiger partial charge in [-0.15, -0.1) is 0 Å². The van der Waals surface area contributed by atoms with E-state index in [-0.39, 0.29) is 6.10 Å². The van der Waals surface area contributed by atoms with Gasteiger partial charge in [0.15, 0.2) is 0 Å². The highest BCUT2D eigenvalue weighted by Gasteiger charge is 1.96. The molecule has 0 amide bonds. The minimum Gasteiger partial charge on any atom is -0.377 e. The summed E-state index contributed by atoms with van der Waals surface area (Å²) in [6, 6.07) is 10.3. The lowest BCUT2D eigenvalue weighted by Crippen LogP contribution is -2.03. The standard InChI is InChI=1S/C12H16O/c1-3-12(13-2)10-9-11-7-5-4-6-8-11/h4-10,12H,3H2,1-2H3. The first-order valence-electron chi connectivity index (χ1n) is 4.63. The second kappa shape index (κ2) is 5.55. The molecular weight excluding hydrogens is 160 g/mol. The molecule has 0 radical (unpaired) electrons. The second-order valence-electron chi connectivity index (χ2n) is 2.95. The van der Waals surface area contributed by atoms with Crippen LogP contribution in [0, 0.1) is 0 Å². The predicted octanol–water partition coefficient (Wildman–Crippen LogP) is 3.12. The molecule has 0 fully saturated rings. The van der Waals surface area contributed by atoms with E-state index < -0.39 is 0 Å². The normalized spacial score (nSPS) is 13.4. The summed E-state index contributed by atoms with van der Waals surface area (Å²) in [5.41, 5.74) is 1.22. The van der Waals surface area contributed by atoms with E-state index in [1.54, 1.807) is 7.11 Å². The molecule has 0 spiro atoms. The van der Waals surface area contributed by atoms with Gasteiger partial charge in [0, 0.05) is 7.11 Å². The molecule has 0 heterocycles. The fraction of sp³-hybridized carbons (Fsp3) is 0.333. The van der Waals surface area contributed by atoms with Crippen LogP contribution in [0.4, 0.5) is 0 Å². The summed E-state index contributed by atoms with van der Waals surface area (Å²) >= 11 is 0. The van der Waals surface area contributed by atoms with Gasteiger partial charge in [-0.3, -0.25) is 0 Å². The Morgan fingerprint density at radius 3 is 2.54 bits per heavy atom. The van der Waals surface area contributed by atoms with E-state index in [1.807, 2.05) is 18.2 Å². The molecule has 0 aliphatic rings. The molecular formula is C12H16O. The summed E-state index contributed by atoms with van der Waals surface area (Å²) in [6.45, 7) is 2.11. The van der Waals surface area contributed by atoms with Crippen molar-refractivity contribution < 1.29 is 4.74 Å². The molecule has 0 bridgehead atoms. The summed E-state index contributed by atoms with van der Waals surface area (Å²) in [4.78, 5) is 0. The molecule has 0 N–H and O–H groups in total. The Bertz CT molecular complexity index is 247. The van der Waals surface area contributed by atoms with Gasteiger partial charge in [0.2, 0.25) is 0 Å². The smallest absolute Gasteiger partial charge is 0.0752 e. The van der Waals surface area contributed by atoms with Crippen LogP contribution in [-0.4, -0.2) is 13.2 Å². The van der Waals surface area contributed by atoms with Crippen LogP contribution in [0.25, 0.3) is 6.08 Å². The van der Waals surface area contributed by atoms with Crippen molar-refractivity contribution in [3.05, 3.63) is 42.0 Å². The van der Waals surface area contributed by atoms with Crippen molar-refractivity contribution in [1.29, 1.82) is 0 Å². The second-order valence-corrected chi connectivity index (χ2v) is 2.95. The Balaban J connectivity index is 2.57. The molecule has 1 unspecified atom stereocenters. The molecule has 0 aromatic heterocycles. The van der Waals surface area contributed by atoms with E-state index in [0.29, 0.717) is 0 Å². The highest BCUT2D eigenvalue weighted by Crippen LogP contribution is 2.05. The maximum Gasteiger partial charge on any atom is 0.0752 e. The van der Waals surface area contributed by atoms with E-state index in [2.05, 4.69) is 31.2 Å². The average Bonchev–Trinajstić information content (AvgIpc) is 2.21. The van der Waals surface area contributed by atoms with Crippen molar-refractivity contribution in [3.8, 4) is 0 Å². The maximum atomic E-state index is 5.23. The molecule has 70 valence electrons. The Hall–Kier alpha value is -1.08. The zero-order valence-corrected chi connectivity index (χ0v) is 8.23. The quantitative estimate of drug-likeness (QED) is 0.685.